The van der Waals surface area contributed by atoms with Gasteiger partial charge in [0.05, 0.1) is 12.2 Å². The average molecular weight is 284 g/mol. The molecular weight excluding hydrogens is 260 g/mol. The lowest BCUT2D eigenvalue weighted by Crippen LogP contribution is -2.39. The number of hydrogen-bond donors (Lipinski definition) is 3. The standard InChI is InChI=1S/C13H24N4OS/c1-5-14-13(15-6-9(2)8-18)16-7-12-17-10(3)11(4)19-12/h9,18H,5-8H2,1-4H3,(H2,14,15,16). The molecule has 5 nitrogen and oxygen atoms in total. The molecule has 3 N–H and O–H groups in total. The van der Waals surface area contributed by atoms with Crippen molar-refractivity contribution in [3.05, 3.63) is 15.6 Å². The van der Waals surface area contributed by atoms with Gasteiger partial charge >= 0.3 is 0 Å². The van der Waals surface area contributed by atoms with E-state index in [1.807, 2.05) is 20.8 Å². The van der Waals surface area contributed by atoms with Crippen LogP contribution in [-0.2, 0) is 6.54 Å². The number of aryl methyl sites for hydroxylation is 2. The van der Waals surface area contributed by atoms with Crippen LogP contribution >= 0.6 is 11.3 Å². The molecule has 0 aromatic carbocycles. The number of nitrogens with zero attached hydrogens (tertiary/aromatic N) is 2. The summed E-state index contributed by atoms with van der Waals surface area (Å²) in [5.41, 5.74) is 1.09. The fourth-order valence-corrected chi connectivity index (χ4v) is 2.29. The molecule has 108 valence electrons. The van der Waals surface area contributed by atoms with E-state index in [9.17, 15) is 0 Å². The van der Waals surface area contributed by atoms with Crippen molar-refractivity contribution < 1.29 is 5.11 Å². The molecule has 0 bridgehead atoms. The molecule has 0 radical (unpaired) electrons. The topological polar surface area (TPSA) is 69.5 Å². The van der Waals surface area contributed by atoms with Gasteiger partial charge in [0.1, 0.15) is 5.01 Å². The zero-order chi connectivity index (χ0) is 14.3. The molecule has 1 aromatic heterocycles. The molecule has 0 spiro atoms. The maximum Gasteiger partial charge on any atom is 0.191 e. The third-order valence-electron chi connectivity index (χ3n) is 2.72. The van der Waals surface area contributed by atoms with Crippen molar-refractivity contribution in [2.45, 2.75) is 34.2 Å². The molecule has 6 heteroatoms. The van der Waals surface area contributed by atoms with Gasteiger partial charge in [0.15, 0.2) is 5.96 Å². The van der Waals surface area contributed by atoms with E-state index in [0.29, 0.717) is 13.1 Å². The number of aliphatic hydroxyl groups excluding tert-OH is 1. The van der Waals surface area contributed by atoms with E-state index in [4.69, 9.17) is 5.11 Å². The number of guanidine groups is 1. The number of thiazole rings is 1. The van der Waals surface area contributed by atoms with Gasteiger partial charge in [-0.25, -0.2) is 9.98 Å². The molecule has 1 rings (SSSR count). The molecule has 1 unspecified atom stereocenters. The van der Waals surface area contributed by atoms with E-state index < -0.39 is 0 Å². The first-order chi connectivity index (χ1) is 9.06. The van der Waals surface area contributed by atoms with Gasteiger partial charge < -0.3 is 15.7 Å². The van der Waals surface area contributed by atoms with Gasteiger partial charge in [-0.2, -0.15) is 0 Å². The second kappa shape index (κ2) is 8.12. The van der Waals surface area contributed by atoms with E-state index in [2.05, 4.69) is 27.5 Å². The first kappa shape index (κ1) is 15.9. The minimum Gasteiger partial charge on any atom is -0.396 e. The minimum atomic E-state index is 0.178. The van der Waals surface area contributed by atoms with Gasteiger partial charge in [0, 0.05) is 24.6 Å². The lowest BCUT2D eigenvalue weighted by atomic mass is 10.2. The molecule has 1 aromatic rings. The summed E-state index contributed by atoms with van der Waals surface area (Å²) in [7, 11) is 0. The van der Waals surface area contributed by atoms with Crippen molar-refractivity contribution in [2.75, 3.05) is 19.7 Å². The SMILES string of the molecule is CCNC(=NCc1nc(C)c(C)s1)NCC(C)CO. The average Bonchev–Trinajstić information content (AvgIpc) is 2.71. The Hall–Kier alpha value is -1.14. The molecule has 0 saturated heterocycles. The van der Waals surface area contributed by atoms with Crippen LogP contribution in [0.25, 0.3) is 0 Å². The van der Waals surface area contributed by atoms with Crippen LogP contribution < -0.4 is 10.6 Å². The maximum atomic E-state index is 9.01. The molecule has 0 amide bonds. The highest BCUT2D eigenvalue weighted by molar-refractivity contribution is 7.11. The summed E-state index contributed by atoms with van der Waals surface area (Å²) >= 11 is 1.69. The molecule has 0 saturated carbocycles. The summed E-state index contributed by atoms with van der Waals surface area (Å²) in [6.07, 6.45) is 0. The molecule has 1 atom stereocenters. The summed E-state index contributed by atoms with van der Waals surface area (Å²) in [5, 5.41) is 16.4. The van der Waals surface area contributed by atoms with Crippen LogP contribution in [0.2, 0.25) is 0 Å². The van der Waals surface area contributed by atoms with Crippen LogP contribution in [0.1, 0.15) is 29.4 Å². The normalized spacial score (nSPS) is 13.4. The molecule has 19 heavy (non-hydrogen) atoms. The first-order valence-corrected chi connectivity index (χ1v) is 7.44. The molecule has 0 aliphatic carbocycles. The van der Waals surface area contributed by atoms with Crippen molar-refractivity contribution in [1.29, 1.82) is 0 Å². The highest BCUT2D eigenvalue weighted by atomic mass is 32.1. The molecular formula is C13H24N4OS. The number of aliphatic hydroxyl groups is 1. The fraction of sp³-hybridized carbons (Fsp3) is 0.692. The van der Waals surface area contributed by atoms with Crippen molar-refractivity contribution in [2.24, 2.45) is 10.9 Å². The van der Waals surface area contributed by atoms with Crippen LogP contribution in [0.5, 0.6) is 0 Å². The largest absolute Gasteiger partial charge is 0.396 e. The van der Waals surface area contributed by atoms with Crippen LogP contribution in [0.3, 0.4) is 0 Å². The van der Waals surface area contributed by atoms with Gasteiger partial charge in [0.2, 0.25) is 0 Å². The maximum absolute atomic E-state index is 9.01. The Bertz CT molecular complexity index is 397. The zero-order valence-corrected chi connectivity index (χ0v) is 13.0. The fourth-order valence-electron chi connectivity index (χ4n) is 1.43. The quantitative estimate of drug-likeness (QED) is 0.546. The summed E-state index contributed by atoms with van der Waals surface area (Å²) in [6, 6.07) is 0. The highest BCUT2D eigenvalue weighted by Crippen LogP contribution is 2.16. The first-order valence-electron chi connectivity index (χ1n) is 6.62. The Morgan fingerprint density at radius 2 is 2.16 bits per heavy atom. The predicted octanol–water partition coefficient (Wildman–Crippen LogP) is 1.44. The van der Waals surface area contributed by atoms with Crippen molar-refractivity contribution in [3.8, 4) is 0 Å². The Morgan fingerprint density at radius 1 is 1.42 bits per heavy atom. The van der Waals surface area contributed by atoms with E-state index in [1.54, 1.807) is 11.3 Å². The summed E-state index contributed by atoms with van der Waals surface area (Å²) in [4.78, 5) is 10.2. The third-order valence-corrected chi connectivity index (χ3v) is 3.78. The Balaban J connectivity index is 2.56. The highest BCUT2D eigenvalue weighted by Gasteiger charge is 2.05. The molecule has 1 heterocycles. The van der Waals surface area contributed by atoms with E-state index >= 15 is 0 Å². The number of aliphatic imine (C=N–C) groups is 1. The smallest absolute Gasteiger partial charge is 0.191 e. The molecule has 0 fully saturated rings. The van der Waals surface area contributed by atoms with Gasteiger partial charge in [-0.15, -0.1) is 11.3 Å². The van der Waals surface area contributed by atoms with E-state index in [1.165, 1.54) is 4.88 Å². The monoisotopic (exact) mass is 284 g/mol. The van der Waals surface area contributed by atoms with Crippen LogP contribution in [0.15, 0.2) is 4.99 Å². The van der Waals surface area contributed by atoms with E-state index in [0.717, 1.165) is 23.2 Å². The number of nitrogens with one attached hydrogen (secondary N) is 2. The van der Waals surface area contributed by atoms with Crippen molar-refractivity contribution in [3.63, 3.8) is 0 Å². The Morgan fingerprint density at radius 3 is 2.68 bits per heavy atom. The molecule has 0 aliphatic rings. The summed E-state index contributed by atoms with van der Waals surface area (Å²) in [6.45, 7) is 10.4. The van der Waals surface area contributed by atoms with E-state index in [-0.39, 0.29) is 12.5 Å². The second-order valence-corrected chi connectivity index (χ2v) is 5.90. The number of hydrogen-bond acceptors (Lipinski definition) is 4. The van der Waals surface area contributed by atoms with Gasteiger partial charge in [-0.1, -0.05) is 6.92 Å². The lowest BCUT2D eigenvalue weighted by Gasteiger charge is -2.13. The molecule has 0 aliphatic heterocycles. The van der Waals surface area contributed by atoms with Gasteiger partial charge in [0.25, 0.3) is 0 Å². The number of aromatic nitrogens is 1. The predicted molar refractivity (Wildman–Crippen MR) is 80.7 cm³/mol. The Labute approximate surface area is 119 Å². The van der Waals surface area contributed by atoms with Gasteiger partial charge in [-0.3, -0.25) is 0 Å². The Kier molecular flexibility index (Phi) is 6.80. The second-order valence-electron chi connectivity index (χ2n) is 4.61. The van der Waals surface area contributed by atoms with Crippen molar-refractivity contribution in [1.82, 2.24) is 15.6 Å². The van der Waals surface area contributed by atoms with Crippen molar-refractivity contribution >= 4 is 17.3 Å². The lowest BCUT2D eigenvalue weighted by molar-refractivity contribution is 0.238. The summed E-state index contributed by atoms with van der Waals surface area (Å²) < 4.78 is 0. The van der Waals surface area contributed by atoms with Gasteiger partial charge in [-0.05, 0) is 26.7 Å². The van der Waals surface area contributed by atoms with Crippen LogP contribution in [0.4, 0.5) is 0 Å². The zero-order valence-electron chi connectivity index (χ0n) is 12.2. The minimum absolute atomic E-state index is 0.178. The van der Waals surface area contributed by atoms with Crippen LogP contribution in [-0.4, -0.2) is 35.7 Å². The van der Waals surface area contributed by atoms with Crippen LogP contribution in [0, 0.1) is 19.8 Å². The summed E-state index contributed by atoms with van der Waals surface area (Å²) in [5.74, 6) is 0.988. The third kappa shape index (κ3) is 5.57. The number of rotatable bonds is 6.